The average molecular weight is 526 g/mol. The molecule has 0 bridgehead atoms. The van der Waals surface area contributed by atoms with Gasteiger partial charge in [0.2, 0.25) is 0 Å². The van der Waals surface area contributed by atoms with Gasteiger partial charge in [-0.15, -0.1) is 0 Å². The van der Waals surface area contributed by atoms with Crippen LogP contribution in [0.2, 0.25) is 0 Å². The zero-order valence-electron chi connectivity index (χ0n) is 32.2. The van der Waals surface area contributed by atoms with E-state index in [4.69, 9.17) is 13.7 Å². The SMILES string of the molecule is [2H]c1c([2H])c([2H])c(N(c2cc(Nc3ccccc3)cc(N(C3CCCCC3)C3CCCCC3)c2)c2c([2H])c([2H])c([2H])c([2H])c2[2H])c([2H])c1[2H]. The number of rotatable bonds is 8. The van der Waals surface area contributed by atoms with E-state index >= 15 is 0 Å². The number of hydrogen-bond donors (Lipinski definition) is 1. The fourth-order valence-corrected chi connectivity index (χ4v) is 6.15. The summed E-state index contributed by atoms with van der Waals surface area (Å²) in [5.74, 6) is 0. The Morgan fingerprint density at radius 2 is 1.05 bits per heavy atom. The lowest BCUT2D eigenvalue weighted by molar-refractivity contribution is 0.340. The van der Waals surface area contributed by atoms with Crippen molar-refractivity contribution >= 4 is 34.1 Å². The van der Waals surface area contributed by atoms with Crippen LogP contribution in [-0.2, 0) is 0 Å². The maximum absolute atomic E-state index is 8.95. The van der Waals surface area contributed by atoms with E-state index in [0.29, 0.717) is 11.4 Å². The van der Waals surface area contributed by atoms with Crippen LogP contribution in [0.5, 0.6) is 0 Å². The van der Waals surface area contributed by atoms with E-state index in [1.54, 1.807) is 6.07 Å². The molecule has 3 heteroatoms. The van der Waals surface area contributed by atoms with Crippen molar-refractivity contribution in [3.05, 3.63) is 109 Å². The summed E-state index contributed by atoms with van der Waals surface area (Å²) in [5, 5.41) is 3.48. The molecule has 0 aliphatic heterocycles. The molecule has 200 valence electrons. The number of anilines is 6. The quantitative estimate of drug-likeness (QED) is 0.247. The zero-order valence-corrected chi connectivity index (χ0v) is 22.2. The molecule has 0 spiro atoms. The molecule has 0 aromatic heterocycles. The van der Waals surface area contributed by atoms with E-state index in [-0.39, 0.29) is 23.5 Å². The van der Waals surface area contributed by atoms with E-state index in [0.717, 1.165) is 62.7 Å². The average Bonchev–Trinajstić information content (AvgIpc) is 3.12. The molecule has 1 N–H and O–H groups in total. The third-order valence-corrected chi connectivity index (χ3v) is 7.88. The lowest BCUT2D eigenvalue weighted by Gasteiger charge is -2.44. The summed E-state index contributed by atoms with van der Waals surface area (Å²) in [6.07, 6.45) is 11.0. The largest absolute Gasteiger partial charge is 0.365 e. The van der Waals surface area contributed by atoms with Crippen LogP contribution in [0, 0.1) is 0 Å². The van der Waals surface area contributed by atoms with Gasteiger partial charge in [-0.1, -0.05) is 93.0 Å². The first kappa shape index (κ1) is 16.4. The van der Waals surface area contributed by atoms with Gasteiger partial charge in [0.25, 0.3) is 0 Å². The van der Waals surface area contributed by atoms with Gasteiger partial charge in [-0.25, -0.2) is 0 Å². The predicted octanol–water partition coefficient (Wildman–Crippen LogP) is 10.4. The number of nitrogens with one attached hydrogen (secondary N) is 1. The van der Waals surface area contributed by atoms with Crippen molar-refractivity contribution in [1.29, 1.82) is 0 Å². The molecule has 2 aliphatic carbocycles. The van der Waals surface area contributed by atoms with Crippen LogP contribution in [-0.4, -0.2) is 12.1 Å². The molecular formula is C36H41N3. The van der Waals surface area contributed by atoms with Crippen LogP contribution < -0.4 is 15.1 Å². The summed E-state index contributed by atoms with van der Waals surface area (Å²) in [4.78, 5) is 3.78. The topological polar surface area (TPSA) is 18.5 Å². The van der Waals surface area contributed by atoms with E-state index in [1.165, 1.54) is 17.7 Å². The normalized spacial score (nSPS) is 20.1. The highest BCUT2D eigenvalue weighted by Gasteiger charge is 2.30. The van der Waals surface area contributed by atoms with E-state index in [2.05, 4.69) is 16.3 Å². The molecule has 0 radical (unpaired) electrons. The van der Waals surface area contributed by atoms with Crippen LogP contribution >= 0.6 is 0 Å². The Kier molecular flexibility index (Phi) is 5.22. The molecule has 0 atom stereocenters. The van der Waals surface area contributed by atoms with E-state index in [9.17, 15) is 0 Å². The van der Waals surface area contributed by atoms with Crippen molar-refractivity contribution < 1.29 is 13.7 Å². The molecule has 4 aromatic rings. The minimum absolute atomic E-state index is 0.284. The highest BCUT2D eigenvalue weighted by Crippen LogP contribution is 2.42. The lowest BCUT2D eigenvalue weighted by atomic mass is 9.88. The first-order valence-electron chi connectivity index (χ1n) is 19.2. The molecule has 2 saturated carbocycles. The Morgan fingerprint density at radius 1 is 0.538 bits per heavy atom. The Labute approximate surface area is 248 Å². The number of nitrogens with zero attached hydrogens (tertiary/aromatic N) is 2. The molecule has 0 amide bonds. The maximum Gasteiger partial charge on any atom is 0.0645 e. The van der Waals surface area contributed by atoms with Gasteiger partial charge in [0.1, 0.15) is 0 Å². The molecule has 3 nitrogen and oxygen atoms in total. The Balaban J connectivity index is 1.67. The highest BCUT2D eigenvalue weighted by molar-refractivity contribution is 5.82. The van der Waals surface area contributed by atoms with Gasteiger partial charge >= 0.3 is 0 Å². The third kappa shape index (κ3) is 6.14. The third-order valence-electron chi connectivity index (χ3n) is 7.88. The highest BCUT2D eigenvalue weighted by atomic mass is 15.2. The Hall–Kier alpha value is -3.72. The van der Waals surface area contributed by atoms with Crippen molar-refractivity contribution in [1.82, 2.24) is 0 Å². The summed E-state index contributed by atoms with van der Waals surface area (Å²) in [6.45, 7) is 0. The minimum Gasteiger partial charge on any atom is -0.365 e. The molecule has 39 heavy (non-hydrogen) atoms. The van der Waals surface area contributed by atoms with Crippen LogP contribution in [0.15, 0.2) is 109 Å². The standard InChI is InChI=1S/C36H41N3/c1-6-16-29(17-7-1)37-30-26-35(38(31-18-8-2-9-19-31)32-20-10-3-11-21-32)28-36(27-30)39(33-22-12-4-13-23-33)34-24-14-5-15-25-34/h1-3,6-11,16-21,26-28,33-34,37H,4-5,12-15,22-25H2/i2D,3D,8D,9D,10D,11D,18D,19D,20D,21D. The Bertz CT molecular complexity index is 1690. The molecule has 0 unspecified atom stereocenters. The van der Waals surface area contributed by atoms with Gasteiger partial charge in [-0.2, -0.15) is 0 Å². The van der Waals surface area contributed by atoms with Gasteiger partial charge in [0, 0.05) is 40.5 Å². The summed E-state index contributed by atoms with van der Waals surface area (Å²) in [7, 11) is 0. The summed E-state index contributed by atoms with van der Waals surface area (Å²) < 4.78 is 86.3. The van der Waals surface area contributed by atoms with Crippen LogP contribution in [0.4, 0.5) is 34.1 Å². The number of benzene rings is 4. The van der Waals surface area contributed by atoms with Gasteiger partial charge in [-0.3, -0.25) is 0 Å². The summed E-state index contributed by atoms with van der Waals surface area (Å²) in [5.41, 5.74) is 2.05. The predicted molar refractivity (Wildman–Crippen MR) is 167 cm³/mol. The molecule has 6 rings (SSSR count). The van der Waals surface area contributed by atoms with Crippen molar-refractivity contribution in [2.24, 2.45) is 0 Å². The monoisotopic (exact) mass is 525 g/mol. The number of hydrogen-bond acceptors (Lipinski definition) is 3. The van der Waals surface area contributed by atoms with Crippen molar-refractivity contribution in [2.75, 3.05) is 15.1 Å². The Morgan fingerprint density at radius 3 is 1.59 bits per heavy atom. The molecule has 0 saturated heterocycles. The summed E-state index contributed by atoms with van der Waals surface area (Å²) >= 11 is 0. The second kappa shape index (κ2) is 12.4. The van der Waals surface area contributed by atoms with Gasteiger partial charge in [-0.05, 0) is 80.2 Å². The van der Waals surface area contributed by atoms with Gasteiger partial charge < -0.3 is 15.1 Å². The first-order valence-corrected chi connectivity index (χ1v) is 14.2. The smallest absolute Gasteiger partial charge is 0.0645 e. The zero-order chi connectivity index (χ0) is 35.0. The van der Waals surface area contributed by atoms with Crippen molar-refractivity contribution in [3.8, 4) is 0 Å². The van der Waals surface area contributed by atoms with Crippen LogP contribution in [0.25, 0.3) is 0 Å². The first-order chi connectivity index (χ1) is 23.5. The molecule has 2 aliphatic rings. The van der Waals surface area contributed by atoms with E-state index < -0.39 is 60.4 Å². The lowest BCUT2D eigenvalue weighted by Crippen LogP contribution is -2.45. The van der Waals surface area contributed by atoms with Gasteiger partial charge in [0.05, 0.1) is 19.4 Å². The molecule has 4 aromatic carbocycles. The molecule has 0 heterocycles. The molecule has 2 fully saturated rings. The number of para-hydroxylation sites is 3. The molecular weight excluding hydrogens is 474 g/mol. The minimum atomic E-state index is -0.585. The second-order valence-electron chi connectivity index (χ2n) is 10.5. The fourth-order valence-electron chi connectivity index (χ4n) is 6.15. The van der Waals surface area contributed by atoms with Crippen LogP contribution in [0.3, 0.4) is 0 Å². The fraction of sp³-hybridized carbons (Fsp3) is 0.333. The van der Waals surface area contributed by atoms with Crippen LogP contribution in [0.1, 0.15) is 77.9 Å². The second-order valence-corrected chi connectivity index (χ2v) is 10.5. The van der Waals surface area contributed by atoms with Crippen molar-refractivity contribution in [2.45, 2.75) is 76.3 Å². The maximum atomic E-state index is 8.95. The van der Waals surface area contributed by atoms with Gasteiger partial charge in [0.15, 0.2) is 0 Å². The van der Waals surface area contributed by atoms with Crippen molar-refractivity contribution in [3.63, 3.8) is 0 Å². The summed E-state index contributed by atoms with van der Waals surface area (Å²) in [6, 6.07) is 10.2. The van der Waals surface area contributed by atoms with E-state index in [1.807, 2.05) is 36.4 Å².